The van der Waals surface area contributed by atoms with Crippen LogP contribution in [0, 0.1) is 0 Å². The molecule has 1 saturated heterocycles. The minimum absolute atomic E-state index is 0.0989. The highest BCUT2D eigenvalue weighted by Crippen LogP contribution is 2.35. The maximum absolute atomic E-state index is 6.57. The summed E-state index contributed by atoms with van der Waals surface area (Å²) in [6, 6.07) is 8.58. The third-order valence-electron chi connectivity index (χ3n) is 4.65. The van der Waals surface area contributed by atoms with Gasteiger partial charge < -0.3 is 10.5 Å². The molecule has 0 unspecified atom stereocenters. The average molecular weight is 291 g/mol. The van der Waals surface area contributed by atoms with E-state index >= 15 is 0 Å². The molecule has 0 bridgehead atoms. The first-order valence-corrected chi connectivity index (χ1v) is 9.06. The first kappa shape index (κ1) is 14.3. The van der Waals surface area contributed by atoms with Crippen molar-refractivity contribution < 1.29 is 4.74 Å². The van der Waals surface area contributed by atoms with Crippen LogP contribution < -0.4 is 10.5 Å². The van der Waals surface area contributed by atoms with E-state index in [1.807, 2.05) is 11.8 Å². The Morgan fingerprint density at radius 3 is 2.30 bits per heavy atom. The van der Waals surface area contributed by atoms with Gasteiger partial charge in [-0.25, -0.2) is 0 Å². The van der Waals surface area contributed by atoms with Crippen molar-refractivity contribution in [3.05, 3.63) is 29.8 Å². The standard InChI is InChI=1S/C17H25NOS/c18-17(10-2-1-3-11-17)14-4-6-15(7-5-14)19-16-8-12-20-13-9-16/h4-7,16H,1-3,8-13,18H2. The molecular weight excluding hydrogens is 266 g/mol. The van der Waals surface area contributed by atoms with Crippen molar-refractivity contribution in [2.75, 3.05) is 11.5 Å². The van der Waals surface area contributed by atoms with Crippen LogP contribution in [-0.2, 0) is 5.54 Å². The summed E-state index contributed by atoms with van der Waals surface area (Å²) >= 11 is 2.03. The topological polar surface area (TPSA) is 35.2 Å². The highest BCUT2D eigenvalue weighted by Gasteiger charge is 2.29. The SMILES string of the molecule is NC1(c2ccc(OC3CCSCC3)cc2)CCCCC1. The van der Waals surface area contributed by atoms with Gasteiger partial charge in [-0.2, -0.15) is 11.8 Å². The van der Waals surface area contributed by atoms with Gasteiger partial charge in [0.15, 0.2) is 0 Å². The van der Waals surface area contributed by atoms with Gasteiger partial charge in [-0.3, -0.25) is 0 Å². The van der Waals surface area contributed by atoms with Crippen LogP contribution in [0.2, 0.25) is 0 Å². The number of hydrogen-bond acceptors (Lipinski definition) is 3. The molecule has 2 nitrogen and oxygen atoms in total. The Morgan fingerprint density at radius 2 is 1.65 bits per heavy atom. The van der Waals surface area contributed by atoms with Crippen molar-refractivity contribution in [1.29, 1.82) is 0 Å². The zero-order chi connectivity index (χ0) is 13.8. The van der Waals surface area contributed by atoms with E-state index in [-0.39, 0.29) is 5.54 Å². The first-order valence-electron chi connectivity index (χ1n) is 7.90. The minimum atomic E-state index is -0.0989. The number of hydrogen-bond donors (Lipinski definition) is 1. The lowest BCUT2D eigenvalue weighted by Gasteiger charge is -2.34. The van der Waals surface area contributed by atoms with Crippen LogP contribution in [0.25, 0.3) is 0 Å². The van der Waals surface area contributed by atoms with E-state index in [1.165, 1.54) is 49.2 Å². The quantitative estimate of drug-likeness (QED) is 0.911. The summed E-state index contributed by atoms with van der Waals surface area (Å²) in [6.45, 7) is 0. The Hall–Kier alpha value is -0.670. The number of rotatable bonds is 3. The summed E-state index contributed by atoms with van der Waals surface area (Å²) in [5.74, 6) is 3.47. The second-order valence-corrected chi connectivity index (χ2v) is 7.40. The van der Waals surface area contributed by atoms with Crippen LogP contribution in [0.5, 0.6) is 5.75 Å². The molecular formula is C17H25NOS. The van der Waals surface area contributed by atoms with Gasteiger partial charge >= 0.3 is 0 Å². The lowest BCUT2D eigenvalue weighted by Crippen LogP contribution is -2.38. The number of ether oxygens (including phenoxy) is 1. The first-order chi connectivity index (χ1) is 9.76. The van der Waals surface area contributed by atoms with Crippen molar-refractivity contribution in [2.24, 2.45) is 5.73 Å². The molecule has 0 spiro atoms. The molecule has 2 N–H and O–H groups in total. The third kappa shape index (κ3) is 3.32. The van der Waals surface area contributed by atoms with E-state index in [2.05, 4.69) is 24.3 Å². The van der Waals surface area contributed by atoms with Gasteiger partial charge in [0.1, 0.15) is 11.9 Å². The van der Waals surface area contributed by atoms with Crippen molar-refractivity contribution in [3.63, 3.8) is 0 Å². The normalized spacial score (nSPS) is 23.4. The third-order valence-corrected chi connectivity index (χ3v) is 5.69. The molecule has 110 valence electrons. The monoisotopic (exact) mass is 291 g/mol. The predicted molar refractivity (Wildman–Crippen MR) is 86.4 cm³/mol. The summed E-state index contributed by atoms with van der Waals surface area (Å²) in [5.41, 5.74) is 7.75. The smallest absolute Gasteiger partial charge is 0.119 e. The summed E-state index contributed by atoms with van der Waals surface area (Å²) in [7, 11) is 0. The molecule has 0 atom stereocenters. The maximum Gasteiger partial charge on any atom is 0.119 e. The van der Waals surface area contributed by atoms with Crippen molar-refractivity contribution in [3.8, 4) is 5.75 Å². The molecule has 1 aliphatic heterocycles. The summed E-state index contributed by atoms with van der Waals surface area (Å²) in [5, 5.41) is 0. The lowest BCUT2D eigenvalue weighted by molar-refractivity contribution is 0.192. The molecule has 2 aliphatic rings. The second kappa shape index (κ2) is 6.40. The van der Waals surface area contributed by atoms with E-state index in [0.29, 0.717) is 6.10 Å². The van der Waals surface area contributed by atoms with Crippen molar-refractivity contribution >= 4 is 11.8 Å². The van der Waals surface area contributed by atoms with Gasteiger partial charge in [-0.05, 0) is 54.9 Å². The Balaban J connectivity index is 1.64. The fraction of sp³-hybridized carbons (Fsp3) is 0.647. The summed E-state index contributed by atoms with van der Waals surface area (Å²) < 4.78 is 6.08. The summed E-state index contributed by atoms with van der Waals surface area (Å²) in [4.78, 5) is 0. The fourth-order valence-electron chi connectivity index (χ4n) is 3.32. The fourth-order valence-corrected chi connectivity index (χ4v) is 4.39. The molecule has 3 heteroatoms. The van der Waals surface area contributed by atoms with Gasteiger partial charge in [0.05, 0.1) is 0 Å². The van der Waals surface area contributed by atoms with Gasteiger partial charge in [-0.15, -0.1) is 0 Å². The van der Waals surface area contributed by atoms with E-state index < -0.39 is 0 Å². The highest BCUT2D eigenvalue weighted by atomic mass is 32.2. The van der Waals surface area contributed by atoms with Gasteiger partial charge in [0, 0.05) is 5.54 Å². The Kier molecular flexibility index (Phi) is 4.57. The van der Waals surface area contributed by atoms with Gasteiger partial charge in [-0.1, -0.05) is 31.4 Å². The largest absolute Gasteiger partial charge is 0.490 e. The van der Waals surface area contributed by atoms with E-state index in [9.17, 15) is 0 Å². The minimum Gasteiger partial charge on any atom is -0.490 e. The molecule has 2 fully saturated rings. The molecule has 20 heavy (non-hydrogen) atoms. The number of nitrogens with two attached hydrogens (primary N) is 1. The predicted octanol–water partition coefficient (Wildman–Crippen LogP) is 4.08. The molecule has 1 aromatic rings. The molecule has 1 aromatic carbocycles. The molecule has 0 radical (unpaired) electrons. The molecule has 3 rings (SSSR count). The molecule has 0 aromatic heterocycles. The lowest BCUT2D eigenvalue weighted by atomic mass is 9.77. The van der Waals surface area contributed by atoms with Crippen LogP contribution in [0.3, 0.4) is 0 Å². The molecule has 0 amide bonds. The van der Waals surface area contributed by atoms with Gasteiger partial charge in [0.25, 0.3) is 0 Å². The van der Waals surface area contributed by atoms with Crippen LogP contribution in [0.15, 0.2) is 24.3 Å². The molecule has 1 aliphatic carbocycles. The maximum atomic E-state index is 6.57. The van der Waals surface area contributed by atoms with Crippen LogP contribution in [0.1, 0.15) is 50.5 Å². The second-order valence-electron chi connectivity index (χ2n) is 6.17. The van der Waals surface area contributed by atoms with Crippen molar-refractivity contribution in [1.82, 2.24) is 0 Å². The average Bonchev–Trinajstić information content (AvgIpc) is 2.50. The molecule has 1 heterocycles. The zero-order valence-electron chi connectivity index (χ0n) is 12.1. The molecule has 1 saturated carbocycles. The highest BCUT2D eigenvalue weighted by molar-refractivity contribution is 7.99. The Bertz CT molecular complexity index is 419. The van der Waals surface area contributed by atoms with Crippen LogP contribution in [0.4, 0.5) is 0 Å². The zero-order valence-corrected chi connectivity index (χ0v) is 13.0. The van der Waals surface area contributed by atoms with E-state index in [4.69, 9.17) is 10.5 Å². The Morgan fingerprint density at radius 1 is 1.00 bits per heavy atom. The van der Waals surface area contributed by atoms with Crippen LogP contribution >= 0.6 is 11.8 Å². The van der Waals surface area contributed by atoms with E-state index in [0.717, 1.165) is 18.6 Å². The Labute approximate surface area is 126 Å². The number of thioether (sulfide) groups is 1. The van der Waals surface area contributed by atoms with Crippen LogP contribution in [-0.4, -0.2) is 17.6 Å². The van der Waals surface area contributed by atoms with E-state index in [1.54, 1.807) is 0 Å². The van der Waals surface area contributed by atoms with Gasteiger partial charge in [0.2, 0.25) is 0 Å². The summed E-state index contributed by atoms with van der Waals surface area (Å²) in [6.07, 6.45) is 8.84. The van der Waals surface area contributed by atoms with Crippen molar-refractivity contribution in [2.45, 2.75) is 56.6 Å². The number of benzene rings is 1.